The predicted octanol–water partition coefficient (Wildman–Crippen LogP) is 3.72. The molecule has 0 radical (unpaired) electrons. The molecule has 0 aromatic rings. The Kier molecular flexibility index (Phi) is 27.3. The van der Waals surface area contributed by atoms with Gasteiger partial charge < -0.3 is 18.9 Å². The normalized spacial score (nSPS) is 7.97. The maximum absolute atomic E-state index is 10.3. The van der Waals surface area contributed by atoms with Crippen LogP contribution in [0, 0.1) is 0 Å². The molecular weight excluding hydrogens is 392 g/mol. The predicted molar refractivity (Wildman–Crippen MR) is 117 cm³/mol. The van der Waals surface area contributed by atoms with Gasteiger partial charge in [0.2, 0.25) is 0 Å². The average molecular weight is 429 g/mol. The third-order valence-corrected chi connectivity index (χ3v) is 2.51. The van der Waals surface area contributed by atoms with Gasteiger partial charge in [0.05, 0.1) is 27.9 Å². The first-order valence-electron chi connectivity index (χ1n) is 8.86. The van der Waals surface area contributed by atoms with Gasteiger partial charge in [0, 0.05) is 22.8 Å². The van der Waals surface area contributed by atoms with Crippen molar-refractivity contribution in [2.75, 3.05) is 27.9 Å². The molecule has 30 heavy (non-hydrogen) atoms. The second-order valence-corrected chi connectivity index (χ2v) is 5.54. The Hall–Kier alpha value is -3.16. The van der Waals surface area contributed by atoms with Crippen molar-refractivity contribution in [2.45, 2.75) is 40.5 Å². The molecule has 0 aliphatic heterocycles. The third-order valence-electron chi connectivity index (χ3n) is 2.51. The quantitative estimate of drug-likeness (QED) is 0.261. The van der Waals surface area contributed by atoms with Crippen LogP contribution in [0.25, 0.3) is 0 Å². The van der Waals surface area contributed by atoms with Crippen LogP contribution in [-0.4, -0.2) is 51.8 Å². The highest BCUT2D eigenvalue weighted by atomic mass is 16.5. The zero-order chi connectivity index (χ0) is 24.7. The molecule has 0 fully saturated rings. The van der Waals surface area contributed by atoms with Gasteiger partial charge in [-0.2, -0.15) is 0 Å². The van der Waals surface area contributed by atoms with Gasteiger partial charge in [-0.15, -0.1) is 0 Å². The maximum atomic E-state index is 10.3. The first kappa shape index (κ1) is 34.4. The number of methoxy groups -OCH3 is 3. The zero-order valence-electron chi connectivity index (χ0n) is 19.3. The van der Waals surface area contributed by atoms with Crippen LogP contribution >= 0.6 is 0 Å². The van der Waals surface area contributed by atoms with E-state index >= 15 is 0 Å². The minimum Gasteiger partial charge on any atom is -0.466 e. The molecule has 0 aliphatic carbocycles. The summed E-state index contributed by atoms with van der Waals surface area (Å²) in [7, 11) is 3.99. The summed E-state index contributed by atoms with van der Waals surface area (Å²) in [4.78, 5) is 40.9. The van der Waals surface area contributed by atoms with E-state index in [4.69, 9.17) is 0 Å². The van der Waals surface area contributed by atoms with E-state index in [-0.39, 0.29) is 23.9 Å². The van der Waals surface area contributed by atoms with Crippen LogP contribution < -0.4 is 0 Å². The maximum Gasteiger partial charge on any atom is 0.332 e. The SMILES string of the molecule is C=C(C)C(=O)OC.C=C(C)C(=O)OC.C=C(C)C(=O)OC.C=CC(=O)OCCCC. The molecule has 0 aliphatic rings. The minimum atomic E-state index is -0.347. The van der Waals surface area contributed by atoms with Gasteiger partial charge in [-0.25, -0.2) is 19.2 Å². The largest absolute Gasteiger partial charge is 0.466 e. The highest BCUT2D eigenvalue weighted by molar-refractivity contribution is 5.87. The number of carbonyl (C=O) groups is 4. The molecule has 0 saturated heterocycles. The summed E-state index contributed by atoms with van der Waals surface area (Å²) in [5.41, 5.74) is 1.30. The molecule has 0 N–H and O–H groups in total. The highest BCUT2D eigenvalue weighted by Crippen LogP contribution is 1.89. The summed E-state index contributed by atoms with van der Waals surface area (Å²) < 4.78 is 17.5. The minimum absolute atomic E-state index is 0.330. The van der Waals surface area contributed by atoms with E-state index in [1.807, 2.05) is 6.92 Å². The fraction of sp³-hybridized carbons (Fsp3) is 0.455. The molecule has 0 saturated carbocycles. The van der Waals surface area contributed by atoms with Crippen molar-refractivity contribution >= 4 is 23.9 Å². The van der Waals surface area contributed by atoms with Crippen molar-refractivity contribution in [3.63, 3.8) is 0 Å². The van der Waals surface area contributed by atoms with Crippen LogP contribution in [-0.2, 0) is 38.1 Å². The van der Waals surface area contributed by atoms with Crippen molar-refractivity contribution in [2.24, 2.45) is 0 Å². The Balaban J connectivity index is -0.000000151. The summed E-state index contributed by atoms with van der Waals surface area (Å²) in [6.07, 6.45) is 3.15. The monoisotopic (exact) mass is 428 g/mol. The van der Waals surface area contributed by atoms with Gasteiger partial charge in [0.15, 0.2) is 0 Å². The van der Waals surface area contributed by atoms with E-state index < -0.39 is 0 Å². The van der Waals surface area contributed by atoms with E-state index in [1.54, 1.807) is 20.8 Å². The molecule has 0 spiro atoms. The summed E-state index contributed by atoms with van der Waals surface area (Å²) in [6, 6.07) is 0. The zero-order valence-corrected chi connectivity index (χ0v) is 19.3. The first-order chi connectivity index (χ1) is 13.9. The Morgan fingerprint density at radius 1 is 0.733 bits per heavy atom. The lowest BCUT2D eigenvalue weighted by molar-refractivity contribution is -0.138. The summed E-state index contributed by atoms with van der Waals surface area (Å²) in [5.74, 6) is -1.37. The van der Waals surface area contributed by atoms with Crippen molar-refractivity contribution in [1.82, 2.24) is 0 Å². The molecule has 0 bridgehead atoms. The van der Waals surface area contributed by atoms with Gasteiger partial charge >= 0.3 is 23.9 Å². The topological polar surface area (TPSA) is 105 Å². The van der Waals surface area contributed by atoms with Gasteiger partial charge in [-0.3, -0.25) is 0 Å². The summed E-state index contributed by atoms with van der Waals surface area (Å²) >= 11 is 0. The van der Waals surface area contributed by atoms with Crippen molar-refractivity contribution < 1.29 is 38.1 Å². The lowest BCUT2D eigenvalue weighted by Gasteiger charge is -1.97. The average Bonchev–Trinajstić information content (AvgIpc) is 2.72. The van der Waals surface area contributed by atoms with Gasteiger partial charge in [-0.05, 0) is 27.2 Å². The van der Waals surface area contributed by atoms with Gasteiger partial charge in [0.25, 0.3) is 0 Å². The Bertz CT molecular complexity index is 526. The van der Waals surface area contributed by atoms with E-state index in [0.717, 1.165) is 12.8 Å². The molecular formula is C22H36O8. The second kappa shape index (κ2) is 23.9. The van der Waals surface area contributed by atoms with Crippen molar-refractivity contribution in [3.05, 3.63) is 49.1 Å². The molecule has 0 unspecified atom stereocenters. The van der Waals surface area contributed by atoms with Gasteiger partial charge in [-0.1, -0.05) is 39.7 Å². The lowest BCUT2D eigenvalue weighted by atomic mass is 10.4. The summed E-state index contributed by atoms with van der Waals surface area (Å²) in [6.45, 7) is 20.7. The van der Waals surface area contributed by atoms with E-state index in [2.05, 4.69) is 45.3 Å². The Morgan fingerprint density at radius 3 is 1.17 bits per heavy atom. The van der Waals surface area contributed by atoms with E-state index in [1.165, 1.54) is 27.4 Å². The smallest absolute Gasteiger partial charge is 0.332 e. The standard InChI is InChI=1S/C7H12O2.3C5H8O2/c1-3-5-6-9-7(8)4-2;3*1-4(2)5(6)7-3/h4H,2-3,5-6H2,1H3;3*1H2,2-3H3. The van der Waals surface area contributed by atoms with Crippen LogP contribution in [0.1, 0.15) is 40.5 Å². The number of ether oxygens (including phenoxy) is 4. The van der Waals surface area contributed by atoms with Crippen LogP contribution in [0.3, 0.4) is 0 Å². The molecule has 8 heteroatoms. The number of esters is 4. The molecule has 0 heterocycles. The summed E-state index contributed by atoms with van der Waals surface area (Å²) in [5, 5.41) is 0. The number of carbonyl (C=O) groups excluding carboxylic acids is 4. The lowest BCUT2D eigenvalue weighted by Crippen LogP contribution is -2.00. The molecule has 172 valence electrons. The Labute approximate surface area is 180 Å². The number of hydrogen-bond donors (Lipinski definition) is 0. The molecule has 0 rings (SSSR count). The second-order valence-electron chi connectivity index (χ2n) is 5.54. The number of rotatable bonds is 7. The molecule has 0 atom stereocenters. The van der Waals surface area contributed by atoms with Crippen LogP contribution in [0.15, 0.2) is 49.1 Å². The van der Waals surface area contributed by atoms with Crippen molar-refractivity contribution in [3.8, 4) is 0 Å². The van der Waals surface area contributed by atoms with Crippen LogP contribution in [0.2, 0.25) is 0 Å². The molecule has 0 aromatic heterocycles. The molecule has 8 nitrogen and oxygen atoms in total. The fourth-order valence-electron chi connectivity index (χ4n) is 0.899. The first-order valence-corrected chi connectivity index (χ1v) is 8.86. The third kappa shape index (κ3) is 29.6. The van der Waals surface area contributed by atoms with E-state index in [0.29, 0.717) is 23.3 Å². The number of unbranched alkanes of at least 4 members (excludes halogenated alkanes) is 1. The van der Waals surface area contributed by atoms with Crippen molar-refractivity contribution in [1.29, 1.82) is 0 Å². The molecule has 0 amide bonds. The highest BCUT2D eigenvalue weighted by Gasteiger charge is 1.96. The fourth-order valence-corrected chi connectivity index (χ4v) is 0.899. The van der Waals surface area contributed by atoms with E-state index in [9.17, 15) is 19.2 Å². The van der Waals surface area contributed by atoms with Gasteiger partial charge in [0.1, 0.15) is 0 Å². The van der Waals surface area contributed by atoms with Crippen LogP contribution in [0.5, 0.6) is 0 Å². The van der Waals surface area contributed by atoms with Crippen LogP contribution in [0.4, 0.5) is 0 Å². The number of hydrogen-bond acceptors (Lipinski definition) is 8. The molecule has 0 aromatic carbocycles. The Morgan fingerprint density at radius 2 is 1.03 bits per heavy atom.